The summed E-state index contributed by atoms with van der Waals surface area (Å²) in [7, 11) is 0. The SMILES string of the molecule is C=C(Cl)C(=O)N1CCC(O)CC1. The smallest absolute Gasteiger partial charge is 0.264 e. The van der Waals surface area contributed by atoms with E-state index in [1.165, 1.54) is 0 Å². The fourth-order valence-electron chi connectivity index (χ4n) is 1.24. The van der Waals surface area contributed by atoms with E-state index >= 15 is 0 Å². The first-order chi connectivity index (χ1) is 5.61. The van der Waals surface area contributed by atoms with Gasteiger partial charge in [0.1, 0.15) is 0 Å². The third kappa shape index (κ3) is 2.22. The summed E-state index contributed by atoms with van der Waals surface area (Å²) in [5.74, 6) is -0.219. The molecule has 0 aromatic rings. The minimum absolute atomic E-state index is 0.0476. The van der Waals surface area contributed by atoms with Crippen molar-refractivity contribution in [2.45, 2.75) is 18.9 Å². The molecule has 12 heavy (non-hydrogen) atoms. The van der Waals surface area contributed by atoms with Crippen molar-refractivity contribution in [3.8, 4) is 0 Å². The van der Waals surface area contributed by atoms with E-state index < -0.39 is 0 Å². The highest BCUT2D eigenvalue weighted by Crippen LogP contribution is 2.13. The van der Waals surface area contributed by atoms with E-state index in [1.54, 1.807) is 4.90 Å². The summed E-state index contributed by atoms with van der Waals surface area (Å²) in [6.07, 6.45) is 1.00. The largest absolute Gasteiger partial charge is 0.393 e. The maximum absolute atomic E-state index is 11.2. The molecular formula is C8H12ClNO2. The molecule has 1 heterocycles. The molecule has 1 saturated heterocycles. The van der Waals surface area contributed by atoms with E-state index in [-0.39, 0.29) is 17.0 Å². The summed E-state index contributed by atoms with van der Waals surface area (Å²) in [6, 6.07) is 0. The van der Waals surface area contributed by atoms with Crippen LogP contribution in [0.2, 0.25) is 0 Å². The third-order valence-corrected chi connectivity index (χ3v) is 2.15. The molecule has 1 rings (SSSR count). The molecular weight excluding hydrogens is 178 g/mol. The van der Waals surface area contributed by atoms with Crippen LogP contribution in [0.4, 0.5) is 0 Å². The Balaban J connectivity index is 2.44. The molecule has 68 valence electrons. The van der Waals surface area contributed by atoms with Gasteiger partial charge in [0.25, 0.3) is 5.91 Å². The minimum Gasteiger partial charge on any atom is -0.393 e. The average molecular weight is 190 g/mol. The van der Waals surface area contributed by atoms with Crippen molar-refractivity contribution in [2.75, 3.05) is 13.1 Å². The first kappa shape index (κ1) is 9.55. The Kier molecular flexibility index (Phi) is 3.12. The molecule has 0 bridgehead atoms. The number of carbonyl (C=O) groups is 1. The van der Waals surface area contributed by atoms with Crippen LogP contribution in [0.15, 0.2) is 11.6 Å². The Morgan fingerprint density at radius 1 is 1.50 bits per heavy atom. The maximum Gasteiger partial charge on any atom is 0.264 e. The molecule has 0 radical (unpaired) electrons. The minimum atomic E-state index is -0.266. The summed E-state index contributed by atoms with van der Waals surface area (Å²) in [5, 5.41) is 9.20. The fourth-order valence-corrected chi connectivity index (χ4v) is 1.36. The molecule has 3 nitrogen and oxygen atoms in total. The van der Waals surface area contributed by atoms with Crippen LogP contribution in [-0.2, 0) is 4.79 Å². The average Bonchev–Trinajstić information content (AvgIpc) is 2.04. The molecule has 4 heteroatoms. The number of halogens is 1. The predicted molar refractivity (Wildman–Crippen MR) is 46.8 cm³/mol. The van der Waals surface area contributed by atoms with Crippen LogP contribution in [0, 0.1) is 0 Å². The molecule has 1 N–H and O–H groups in total. The van der Waals surface area contributed by atoms with Gasteiger partial charge in [-0.25, -0.2) is 0 Å². The predicted octanol–water partition coefficient (Wildman–Crippen LogP) is 0.722. The number of piperidine rings is 1. The lowest BCUT2D eigenvalue weighted by atomic mass is 10.1. The normalized spacial score (nSPS) is 19.3. The van der Waals surface area contributed by atoms with E-state index in [9.17, 15) is 4.79 Å². The van der Waals surface area contributed by atoms with E-state index in [0.29, 0.717) is 25.9 Å². The van der Waals surface area contributed by atoms with E-state index in [2.05, 4.69) is 6.58 Å². The molecule has 0 spiro atoms. The second-order valence-electron chi connectivity index (χ2n) is 2.93. The molecule has 0 aromatic heterocycles. The number of aliphatic hydroxyl groups is 1. The number of hydrogen-bond donors (Lipinski definition) is 1. The van der Waals surface area contributed by atoms with Gasteiger partial charge in [0.15, 0.2) is 0 Å². The van der Waals surface area contributed by atoms with Crippen molar-refractivity contribution in [2.24, 2.45) is 0 Å². The van der Waals surface area contributed by atoms with Gasteiger partial charge in [-0.1, -0.05) is 18.2 Å². The number of aliphatic hydroxyl groups excluding tert-OH is 1. The van der Waals surface area contributed by atoms with Crippen LogP contribution in [0.1, 0.15) is 12.8 Å². The first-order valence-electron chi connectivity index (χ1n) is 3.93. The number of rotatable bonds is 1. The summed E-state index contributed by atoms with van der Waals surface area (Å²) >= 11 is 5.45. The van der Waals surface area contributed by atoms with Crippen molar-refractivity contribution in [1.82, 2.24) is 4.90 Å². The Hall–Kier alpha value is -0.540. The van der Waals surface area contributed by atoms with E-state index in [0.717, 1.165) is 0 Å². The van der Waals surface area contributed by atoms with Gasteiger partial charge in [-0.3, -0.25) is 4.79 Å². The van der Waals surface area contributed by atoms with Crippen molar-refractivity contribution >= 4 is 17.5 Å². The van der Waals surface area contributed by atoms with Gasteiger partial charge in [0.05, 0.1) is 11.1 Å². The highest BCUT2D eigenvalue weighted by molar-refractivity contribution is 6.41. The highest BCUT2D eigenvalue weighted by Gasteiger charge is 2.21. The monoisotopic (exact) mass is 189 g/mol. The summed E-state index contributed by atoms with van der Waals surface area (Å²) in [4.78, 5) is 12.8. The fraction of sp³-hybridized carbons (Fsp3) is 0.625. The van der Waals surface area contributed by atoms with Gasteiger partial charge in [-0.2, -0.15) is 0 Å². The number of nitrogens with zero attached hydrogens (tertiary/aromatic N) is 1. The topological polar surface area (TPSA) is 40.5 Å². The molecule has 1 aliphatic heterocycles. The Labute approximate surface area is 76.6 Å². The molecule has 1 amide bonds. The van der Waals surface area contributed by atoms with Crippen molar-refractivity contribution in [1.29, 1.82) is 0 Å². The quantitative estimate of drug-likeness (QED) is 0.618. The Morgan fingerprint density at radius 3 is 2.42 bits per heavy atom. The molecule has 0 saturated carbocycles. The second-order valence-corrected chi connectivity index (χ2v) is 3.38. The zero-order valence-electron chi connectivity index (χ0n) is 6.79. The van der Waals surface area contributed by atoms with Gasteiger partial charge in [-0.15, -0.1) is 0 Å². The Morgan fingerprint density at radius 2 is 2.00 bits per heavy atom. The highest BCUT2D eigenvalue weighted by atomic mass is 35.5. The molecule has 0 aromatic carbocycles. The van der Waals surface area contributed by atoms with Gasteiger partial charge >= 0.3 is 0 Å². The lowest BCUT2D eigenvalue weighted by Crippen LogP contribution is -2.39. The van der Waals surface area contributed by atoms with Gasteiger partial charge in [0, 0.05) is 13.1 Å². The maximum atomic E-state index is 11.2. The Bertz CT molecular complexity index is 197. The van der Waals surface area contributed by atoms with Gasteiger partial charge in [-0.05, 0) is 12.8 Å². The summed E-state index contributed by atoms with van der Waals surface area (Å²) in [6.45, 7) is 4.51. The molecule has 1 fully saturated rings. The summed E-state index contributed by atoms with van der Waals surface area (Å²) in [5.41, 5.74) is 0. The van der Waals surface area contributed by atoms with Crippen LogP contribution < -0.4 is 0 Å². The molecule has 0 atom stereocenters. The number of carbonyl (C=O) groups excluding carboxylic acids is 1. The van der Waals surface area contributed by atoms with Crippen molar-refractivity contribution < 1.29 is 9.90 Å². The van der Waals surface area contributed by atoms with Crippen LogP contribution in [-0.4, -0.2) is 35.1 Å². The lowest BCUT2D eigenvalue weighted by molar-refractivity contribution is -0.128. The second kappa shape index (κ2) is 3.92. The number of hydrogen-bond acceptors (Lipinski definition) is 2. The van der Waals surface area contributed by atoms with E-state index in [4.69, 9.17) is 16.7 Å². The zero-order chi connectivity index (χ0) is 9.14. The van der Waals surface area contributed by atoms with Crippen LogP contribution in [0.25, 0.3) is 0 Å². The molecule has 0 unspecified atom stereocenters. The standard InChI is InChI=1S/C8H12ClNO2/c1-6(9)8(12)10-4-2-7(11)3-5-10/h7,11H,1-5H2. The van der Waals surface area contributed by atoms with Crippen LogP contribution in [0.5, 0.6) is 0 Å². The van der Waals surface area contributed by atoms with Crippen LogP contribution in [0.3, 0.4) is 0 Å². The molecule has 1 aliphatic rings. The zero-order valence-corrected chi connectivity index (χ0v) is 7.55. The van der Waals surface area contributed by atoms with Gasteiger partial charge in [0.2, 0.25) is 0 Å². The lowest BCUT2D eigenvalue weighted by Gasteiger charge is -2.29. The first-order valence-corrected chi connectivity index (χ1v) is 4.31. The third-order valence-electron chi connectivity index (χ3n) is 1.98. The van der Waals surface area contributed by atoms with E-state index in [1.807, 2.05) is 0 Å². The van der Waals surface area contributed by atoms with Gasteiger partial charge < -0.3 is 10.0 Å². The molecule has 0 aliphatic carbocycles. The number of amides is 1. The van der Waals surface area contributed by atoms with Crippen molar-refractivity contribution in [3.05, 3.63) is 11.6 Å². The van der Waals surface area contributed by atoms with Crippen LogP contribution >= 0.6 is 11.6 Å². The van der Waals surface area contributed by atoms with Crippen molar-refractivity contribution in [3.63, 3.8) is 0 Å². The number of likely N-dealkylation sites (tertiary alicyclic amines) is 1. The summed E-state index contributed by atoms with van der Waals surface area (Å²) < 4.78 is 0.